The lowest BCUT2D eigenvalue weighted by molar-refractivity contribution is -0.121. The molecule has 0 bridgehead atoms. The molecule has 0 aliphatic rings. The molecule has 30 heavy (non-hydrogen) atoms. The molecule has 0 aliphatic heterocycles. The van der Waals surface area contributed by atoms with E-state index in [0.717, 1.165) is 16.7 Å². The van der Waals surface area contributed by atoms with Gasteiger partial charge in [0.2, 0.25) is 5.91 Å². The maximum absolute atomic E-state index is 12.2. The molecule has 2 N–H and O–H groups in total. The number of nitrogens with zero attached hydrogens (tertiary/aromatic N) is 1. The van der Waals surface area contributed by atoms with Gasteiger partial charge in [-0.3, -0.25) is 4.79 Å². The van der Waals surface area contributed by atoms with E-state index < -0.39 is 6.10 Å². The Morgan fingerprint density at radius 1 is 0.867 bits per heavy atom. The van der Waals surface area contributed by atoms with Crippen LogP contribution in [0.1, 0.15) is 29.5 Å². The summed E-state index contributed by atoms with van der Waals surface area (Å²) in [5.41, 5.74) is 6.18. The van der Waals surface area contributed by atoms with E-state index in [4.69, 9.17) is 4.74 Å². The van der Waals surface area contributed by atoms with Gasteiger partial charge in [-0.15, -0.1) is 0 Å². The first kappa shape index (κ1) is 21.4. The number of hydrogen-bond donors (Lipinski definition) is 2. The number of aliphatic hydroxyl groups excluding tert-OH is 1. The fourth-order valence-electron chi connectivity index (χ4n) is 2.93. The Balaban J connectivity index is 1.49. The van der Waals surface area contributed by atoms with E-state index in [-0.39, 0.29) is 18.9 Å². The van der Waals surface area contributed by atoms with Crippen LogP contribution in [-0.2, 0) is 16.1 Å². The van der Waals surface area contributed by atoms with Crippen LogP contribution in [0.3, 0.4) is 0 Å². The number of aliphatic hydroxyl groups is 1. The Morgan fingerprint density at radius 3 is 1.97 bits per heavy atom. The van der Waals surface area contributed by atoms with Crippen LogP contribution in [0, 0.1) is 0 Å². The van der Waals surface area contributed by atoms with Crippen molar-refractivity contribution in [1.82, 2.24) is 5.43 Å². The molecule has 0 saturated carbocycles. The first-order valence-corrected chi connectivity index (χ1v) is 9.99. The fraction of sp³-hybridized carbons (Fsp3) is 0.200. The van der Waals surface area contributed by atoms with E-state index in [1.54, 1.807) is 0 Å². The van der Waals surface area contributed by atoms with E-state index >= 15 is 0 Å². The van der Waals surface area contributed by atoms with Gasteiger partial charge in [-0.1, -0.05) is 91.0 Å². The molecule has 0 radical (unpaired) electrons. The maximum atomic E-state index is 12.2. The quantitative estimate of drug-likeness (QED) is 0.399. The molecule has 3 aromatic carbocycles. The number of amides is 1. The van der Waals surface area contributed by atoms with E-state index in [9.17, 15) is 9.90 Å². The minimum atomic E-state index is -0.703. The van der Waals surface area contributed by atoms with Gasteiger partial charge in [-0.05, 0) is 12.0 Å². The normalized spacial score (nSPS) is 11.5. The van der Waals surface area contributed by atoms with Crippen LogP contribution >= 0.6 is 0 Å². The lowest BCUT2D eigenvalue weighted by Crippen LogP contribution is -2.23. The average Bonchev–Trinajstić information content (AvgIpc) is 2.80. The number of carbonyl (C=O) groups excluding carboxylic acids is 1. The molecule has 0 aromatic heterocycles. The van der Waals surface area contributed by atoms with Crippen molar-refractivity contribution in [3.63, 3.8) is 0 Å². The summed E-state index contributed by atoms with van der Waals surface area (Å²) in [6.45, 7) is 0.622. The zero-order valence-corrected chi connectivity index (χ0v) is 16.8. The molecule has 0 aliphatic carbocycles. The Morgan fingerprint density at radius 2 is 1.40 bits per heavy atom. The second-order valence-corrected chi connectivity index (χ2v) is 6.92. The van der Waals surface area contributed by atoms with Gasteiger partial charge in [0, 0.05) is 17.5 Å². The molecule has 0 fully saturated rings. The zero-order chi connectivity index (χ0) is 21.0. The van der Waals surface area contributed by atoms with Gasteiger partial charge in [-0.25, -0.2) is 5.43 Å². The van der Waals surface area contributed by atoms with Gasteiger partial charge in [-0.2, -0.15) is 5.10 Å². The largest absolute Gasteiger partial charge is 0.391 e. The van der Waals surface area contributed by atoms with E-state index in [1.807, 2.05) is 91.0 Å². The summed E-state index contributed by atoms with van der Waals surface area (Å²) in [6, 6.07) is 29.2. The molecule has 3 aromatic rings. The van der Waals surface area contributed by atoms with Crippen LogP contribution in [-0.4, -0.2) is 29.4 Å². The monoisotopic (exact) mass is 402 g/mol. The van der Waals surface area contributed by atoms with Crippen LogP contribution in [0.15, 0.2) is 96.1 Å². The Hall–Kier alpha value is -3.28. The van der Waals surface area contributed by atoms with Crippen molar-refractivity contribution in [2.24, 2.45) is 5.10 Å². The van der Waals surface area contributed by atoms with E-state index in [2.05, 4.69) is 10.5 Å². The molecule has 0 saturated heterocycles. The van der Waals surface area contributed by atoms with Crippen molar-refractivity contribution in [1.29, 1.82) is 0 Å². The summed E-state index contributed by atoms with van der Waals surface area (Å²) < 4.78 is 5.52. The lowest BCUT2D eigenvalue weighted by atomic mass is 10.0. The average molecular weight is 402 g/mol. The maximum Gasteiger partial charge on any atom is 0.240 e. The van der Waals surface area contributed by atoms with E-state index in [0.29, 0.717) is 18.7 Å². The Bertz CT molecular complexity index is 887. The minimum absolute atomic E-state index is 0.163. The smallest absolute Gasteiger partial charge is 0.240 e. The van der Waals surface area contributed by atoms with Crippen molar-refractivity contribution < 1.29 is 14.6 Å². The van der Waals surface area contributed by atoms with Gasteiger partial charge in [0.15, 0.2) is 0 Å². The summed E-state index contributed by atoms with van der Waals surface area (Å²) in [5.74, 6) is -0.249. The van der Waals surface area contributed by atoms with Crippen molar-refractivity contribution in [2.45, 2.75) is 25.6 Å². The second-order valence-electron chi connectivity index (χ2n) is 6.92. The minimum Gasteiger partial charge on any atom is -0.391 e. The van der Waals surface area contributed by atoms with Crippen LogP contribution in [0.25, 0.3) is 0 Å². The van der Waals surface area contributed by atoms with Gasteiger partial charge in [0.25, 0.3) is 0 Å². The van der Waals surface area contributed by atoms with Crippen molar-refractivity contribution in [3.8, 4) is 0 Å². The molecule has 5 nitrogen and oxygen atoms in total. The molecule has 0 spiro atoms. The summed E-state index contributed by atoms with van der Waals surface area (Å²) in [6.07, 6.45) is -0.232. The second kappa shape index (κ2) is 11.7. The first-order chi connectivity index (χ1) is 14.7. The molecule has 0 heterocycles. The van der Waals surface area contributed by atoms with Crippen LogP contribution in [0.2, 0.25) is 0 Å². The highest BCUT2D eigenvalue weighted by atomic mass is 16.5. The molecule has 154 valence electrons. The number of hydrazone groups is 1. The number of rotatable bonds is 10. The fourth-order valence-corrected chi connectivity index (χ4v) is 2.93. The number of ether oxygens (including phenoxy) is 1. The number of benzene rings is 3. The predicted octanol–water partition coefficient (Wildman–Crippen LogP) is 3.91. The summed E-state index contributed by atoms with van der Waals surface area (Å²) >= 11 is 0. The molecule has 3 rings (SSSR count). The highest BCUT2D eigenvalue weighted by molar-refractivity contribution is 6.13. The number of hydrogen-bond acceptors (Lipinski definition) is 4. The third-order valence-corrected chi connectivity index (χ3v) is 4.51. The number of nitrogens with one attached hydrogen (secondary N) is 1. The summed E-state index contributed by atoms with van der Waals surface area (Å²) in [7, 11) is 0. The summed E-state index contributed by atoms with van der Waals surface area (Å²) in [5, 5.41) is 14.4. The standard InChI is InChI=1S/C25H26N2O3/c28-23(19-30-18-20-10-4-1-5-11-20)16-17-24(29)26-27-25(21-12-6-2-7-13-21)22-14-8-3-9-15-22/h1-15,23,28H,16-19H2,(H,26,29)/t23-/m0/s1. The first-order valence-electron chi connectivity index (χ1n) is 9.99. The highest BCUT2D eigenvalue weighted by Gasteiger charge is 2.10. The van der Waals surface area contributed by atoms with Gasteiger partial charge in [0.05, 0.1) is 25.0 Å². The van der Waals surface area contributed by atoms with Gasteiger partial charge >= 0.3 is 0 Å². The summed E-state index contributed by atoms with van der Waals surface area (Å²) in [4.78, 5) is 12.2. The predicted molar refractivity (Wildman–Crippen MR) is 118 cm³/mol. The van der Waals surface area contributed by atoms with Gasteiger partial charge < -0.3 is 9.84 Å². The number of carbonyl (C=O) groups is 1. The van der Waals surface area contributed by atoms with Crippen molar-refractivity contribution in [3.05, 3.63) is 108 Å². The molecular formula is C25H26N2O3. The third-order valence-electron chi connectivity index (χ3n) is 4.51. The highest BCUT2D eigenvalue weighted by Crippen LogP contribution is 2.10. The molecular weight excluding hydrogens is 376 g/mol. The van der Waals surface area contributed by atoms with E-state index in [1.165, 1.54) is 0 Å². The third kappa shape index (κ3) is 6.95. The van der Waals surface area contributed by atoms with Crippen LogP contribution in [0.5, 0.6) is 0 Å². The Labute approximate surface area is 177 Å². The lowest BCUT2D eigenvalue weighted by Gasteiger charge is -2.11. The topological polar surface area (TPSA) is 70.9 Å². The van der Waals surface area contributed by atoms with Crippen LogP contribution < -0.4 is 5.43 Å². The molecule has 0 unspecified atom stereocenters. The molecule has 5 heteroatoms. The zero-order valence-electron chi connectivity index (χ0n) is 16.8. The van der Waals surface area contributed by atoms with Crippen molar-refractivity contribution >= 4 is 11.6 Å². The SMILES string of the molecule is O=C(CC[C@H](O)COCc1ccccc1)NN=C(c1ccccc1)c1ccccc1. The molecule has 1 amide bonds. The van der Waals surface area contributed by atoms with Gasteiger partial charge in [0.1, 0.15) is 0 Å². The molecule has 1 atom stereocenters. The van der Waals surface area contributed by atoms with Crippen LogP contribution in [0.4, 0.5) is 0 Å². The Kier molecular flexibility index (Phi) is 8.33. The van der Waals surface area contributed by atoms with Crippen molar-refractivity contribution in [2.75, 3.05) is 6.61 Å².